The van der Waals surface area contributed by atoms with Crippen LogP contribution in [-0.2, 0) is 19.1 Å². The van der Waals surface area contributed by atoms with Crippen LogP contribution in [0.5, 0.6) is 0 Å². The number of anilines is 2. The van der Waals surface area contributed by atoms with Crippen LogP contribution in [0.3, 0.4) is 0 Å². The van der Waals surface area contributed by atoms with Crippen molar-refractivity contribution in [3.05, 3.63) is 24.3 Å². The van der Waals surface area contributed by atoms with Gasteiger partial charge < -0.3 is 20.7 Å². The molecule has 1 heterocycles. The molecule has 1 aliphatic rings. The molecule has 10 heteroatoms. The molecule has 0 spiro atoms. The van der Waals surface area contributed by atoms with E-state index in [1.165, 1.54) is 12.1 Å². The number of carbonyl (C=O) groups excluding carboxylic acids is 3. The maximum atomic E-state index is 12.2. The van der Waals surface area contributed by atoms with Crippen LogP contribution < -0.4 is 21.3 Å². The van der Waals surface area contributed by atoms with Crippen LogP contribution in [0, 0.1) is 0 Å². The van der Waals surface area contributed by atoms with E-state index in [2.05, 4.69) is 10.6 Å². The molecular weight excluding hydrogens is 338 g/mol. The molecule has 136 valence electrons. The van der Waals surface area contributed by atoms with E-state index >= 15 is 0 Å². The Morgan fingerprint density at radius 2 is 1.96 bits per heavy atom. The second kappa shape index (κ2) is 8.49. The molecule has 1 fully saturated rings. The third kappa shape index (κ3) is 5.19. The Hall–Kier alpha value is -2.59. The number of primary amides is 1. The summed E-state index contributed by atoms with van der Waals surface area (Å²) in [4.78, 5) is 36.5. The van der Waals surface area contributed by atoms with Crippen LogP contribution in [0.2, 0.25) is 0 Å². The number of carbonyl (C=O) groups is 3. The lowest BCUT2D eigenvalue weighted by Crippen LogP contribution is -2.51. The fourth-order valence-electron chi connectivity index (χ4n) is 2.26. The van der Waals surface area contributed by atoms with Gasteiger partial charge in [-0.15, -0.1) is 0 Å². The summed E-state index contributed by atoms with van der Waals surface area (Å²) in [6.07, 6.45) is -2.72. The van der Waals surface area contributed by atoms with Crippen LogP contribution in [-0.4, -0.2) is 56.5 Å². The average molecular weight is 356 g/mol. The zero-order chi connectivity index (χ0) is 18.4. The first-order valence-corrected chi connectivity index (χ1v) is 7.48. The van der Waals surface area contributed by atoms with Gasteiger partial charge in [0.05, 0.1) is 13.2 Å². The van der Waals surface area contributed by atoms with Gasteiger partial charge in [0.25, 0.3) is 18.2 Å². The van der Waals surface area contributed by atoms with E-state index in [1.807, 2.05) is 0 Å². The van der Waals surface area contributed by atoms with Crippen molar-refractivity contribution in [2.24, 2.45) is 5.73 Å². The number of nitrogens with zero attached hydrogens (tertiary/aromatic N) is 1. The minimum Gasteiger partial charge on any atom is -0.370 e. The Balaban J connectivity index is 2.00. The molecule has 0 saturated carbocycles. The highest BCUT2D eigenvalue weighted by atomic mass is 19.3. The van der Waals surface area contributed by atoms with Gasteiger partial charge in [0.15, 0.2) is 6.04 Å². The Labute approximate surface area is 142 Å². The van der Waals surface area contributed by atoms with Gasteiger partial charge in [0.1, 0.15) is 6.61 Å². The monoisotopic (exact) mass is 356 g/mol. The predicted molar refractivity (Wildman–Crippen MR) is 85.2 cm³/mol. The van der Waals surface area contributed by atoms with Crippen molar-refractivity contribution >= 4 is 29.1 Å². The molecule has 0 bridgehead atoms. The van der Waals surface area contributed by atoms with E-state index in [9.17, 15) is 23.2 Å². The molecule has 1 saturated heterocycles. The predicted octanol–water partition coefficient (Wildman–Crippen LogP) is -0.303. The number of morpholine rings is 1. The van der Waals surface area contributed by atoms with Gasteiger partial charge in [-0.25, -0.2) is 8.78 Å². The van der Waals surface area contributed by atoms with E-state index in [0.717, 1.165) is 0 Å². The Morgan fingerprint density at radius 3 is 2.52 bits per heavy atom. The minimum atomic E-state index is -2.72. The summed E-state index contributed by atoms with van der Waals surface area (Å²) in [5.74, 6) is -2.08. The highest BCUT2D eigenvalue weighted by Gasteiger charge is 2.25. The number of hydrogen-bond acceptors (Lipinski definition) is 5. The van der Waals surface area contributed by atoms with Crippen molar-refractivity contribution in [2.75, 3.05) is 36.5 Å². The summed E-state index contributed by atoms with van der Waals surface area (Å²) >= 11 is 0. The van der Waals surface area contributed by atoms with Gasteiger partial charge in [-0.3, -0.25) is 19.7 Å². The van der Waals surface area contributed by atoms with Gasteiger partial charge in [-0.05, 0) is 24.3 Å². The molecule has 0 radical (unpaired) electrons. The number of hydrogen-bond donors (Lipinski definition) is 3. The number of ether oxygens (including phenoxy) is 1. The summed E-state index contributed by atoms with van der Waals surface area (Å²) in [5.41, 5.74) is 6.02. The standard InChI is InChI=1S/C15H18F2N4O4/c16-11(17)7-19-13(14(18)23)15(24)20-9-1-3-10(4-2-9)21-5-6-25-8-12(21)22/h1-4,11,13,19H,5-8H2,(H2,18,23)(H,20,24)/t13-/m0/s1. The van der Waals surface area contributed by atoms with Crippen molar-refractivity contribution in [1.29, 1.82) is 0 Å². The Morgan fingerprint density at radius 1 is 1.28 bits per heavy atom. The van der Waals surface area contributed by atoms with Crippen LogP contribution >= 0.6 is 0 Å². The lowest BCUT2D eigenvalue weighted by atomic mass is 10.2. The third-order valence-electron chi connectivity index (χ3n) is 3.46. The summed E-state index contributed by atoms with van der Waals surface area (Å²) in [6, 6.07) is 4.71. The molecule has 4 N–H and O–H groups in total. The fraction of sp³-hybridized carbons (Fsp3) is 0.400. The molecule has 0 aliphatic carbocycles. The smallest absolute Gasteiger partial charge is 0.253 e. The molecule has 1 aromatic carbocycles. The summed E-state index contributed by atoms with van der Waals surface area (Å²) in [7, 11) is 0. The topological polar surface area (TPSA) is 114 Å². The fourth-order valence-corrected chi connectivity index (χ4v) is 2.26. The second-order valence-electron chi connectivity index (χ2n) is 5.27. The Bertz CT molecular complexity index is 639. The van der Waals surface area contributed by atoms with Gasteiger partial charge in [-0.1, -0.05) is 0 Å². The molecular formula is C15H18F2N4O4. The number of alkyl halides is 2. The number of benzene rings is 1. The van der Waals surface area contributed by atoms with Crippen LogP contribution in [0.15, 0.2) is 24.3 Å². The van der Waals surface area contributed by atoms with E-state index in [0.29, 0.717) is 24.5 Å². The summed E-state index contributed by atoms with van der Waals surface area (Å²) in [6.45, 7) is 0.0276. The molecule has 3 amide bonds. The molecule has 25 heavy (non-hydrogen) atoms. The number of halogens is 2. The number of nitrogens with one attached hydrogen (secondary N) is 2. The highest BCUT2D eigenvalue weighted by molar-refractivity contribution is 6.09. The quantitative estimate of drug-likeness (QED) is 0.581. The molecule has 1 atom stereocenters. The van der Waals surface area contributed by atoms with Crippen LogP contribution in [0.25, 0.3) is 0 Å². The first-order valence-electron chi connectivity index (χ1n) is 7.48. The van der Waals surface area contributed by atoms with Crippen molar-refractivity contribution in [2.45, 2.75) is 12.5 Å². The van der Waals surface area contributed by atoms with Crippen LogP contribution in [0.1, 0.15) is 0 Å². The number of nitrogens with two attached hydrogens (primary N) is 1. The maximum absolute atomic E-state index is 12.2. The minimum absolute atomic E-state index is 0.00852. The van der Waals surface area contributed by atoms with Crippen molar-refractivity contribution in [3.8, 4) is 0 Å². The largest absolute Gasteiger partial charge is 0.370 e. The lowest BCUT2D eigenvalue weighted by Gasteiger charge is -2.27. The zero-order valence-electron chi connectivity index (χ0n) is 13.2. The van der Waals surface area contributed by atoms with Crippen molar-refractivity contribution in [1.82, 2.24) is 5.32 Å². The number of rotatable bonds is 7. The third-order valence-corrected chi connectivity index (χ3v) is 3.46. The van der Waals surface area contributed by atoms with Crippen LogP contribution in [0.4, 0.5) is 20.2 Å². The molecule has 1 aliphatic heterocycles. The van der Waals surface area contributed by atoms with E-state index in [1.54, 1.807) is 17.0 Å². The number of amides is 3. The SMILES string of the molecule is NC(=O)[C@H](NCC(F)F)C(=O)Nc1ccc(N2CCOCC2=O)cc1. The van der Waals surface area contributed by atoms with Gasteiger partial charge in [0.2, 0.25) is 5.91 Å². The lowest BCUT2D eigenvalue weighted by molar-refractivity contribution is -0.128. The summed E-state index contributed by atoms with van der Waals surface area (Å²) in [5, 5.41) is 4.52. The van der Waals surface area contributed by atoms with Gasteiger partial charge >= 0.3 is 0 Å². The van der Waals surface area contributed by atoms with E-state index < -0.39 is 30.8 Å². The average Bonchev–Trinajstić information content (AvgIpc) is 2.56. The highest BCUT2D eigenvalue weighted by Crippen LogP contribution is 2.19. The molecule has 1 aromatic rings. The second-order valence-corrected chi connectivity index (χ2v) is 5.27. The van der Waals surface area contributed by atoms with E-state index in [-0.39, 0.29) is 12.5 Å². The van der Waals surface area contributed by atoms with Crippen molar-refractivity contribution < 1.29 is 27.9 Å². The van der Waals surface area contributed by atoms with Crippen molar-refractivity contribution in [3.63, 3.8) is 0 Å². The Kier molecular flexibility index (Phi) is 6.37. The first kappa shape index (κ1) is 18.7. The normalized spacial score (nSPS) is 16.0. The molecule has 8 nitrogen and oxygen atoms in total. The first-order chi connectivity index (χ1) is 11.9. The molecule has 0 aromatic heterocycles. The zero-order valence-corrected chi connectivity index (χ0v) is 13.2. The summed E-state index contributed by atoms with van der Waals surface area (Å²) < 4.78 is 29.5. The maximum Gasteiger partial charge on any atom is 0.253 e. The molecule has 2 rings (SSSR count). The van der Waals surface area contributed by atoms with Gasteiger partial charge in [-0.2, -0.15) is 0 Å². The van der Waals surface area contributed by atoms with Gasteiger partial charge in [0, 0.05) is 17.9 Å². The molecule has 0 unspecified atom stereocenters. The van der Waals surface area contributed by atoms with E-state index in [4.69, 9.17) is 10.5 Å².